The van der Waals surface area contributed by atoms with Gasteiger partial charge in [-0.15, -0.1) is 0 Å². The molecule has 0 saturated heterocycles. The van der Waals surface area contributed by atoms with Crippen molar-refractivity contribution in [3.05, 3.63) is 47.5 Å². The third-order valence-electron chi connectivity index (χ3n) is 2.33. The molecule has 1 aromatic carbocycles. The fraction of sp³-hybridized carbons (Fsp3) is 0.308. The normalized spacial score (nSPS) is 9.73. The lowest BCUT2D eigenvalue weighted by Gasteiger charge is -2.08. The topological polar surface area (TPSA) is 26.3 Å². The summed E-state index contributed by atoms with van der Waals surface area (Å²) in [5.74, 6) is -0.202. The summed E-state index contributed by atoms with van der Waals surface area (Å²) in [6.45, 7) is 7.79. The summed E-state index contributed by atoms with van der Waals surface area (Å²) in [7, 11) is 0. The molecule has 0 aliphatic carbocycles. The van der Waals surface area contributed by atoms with Crippen LogP contribution in [0, 0.1) is 13.8 Å². The van der Waals surface area contributed by atoms with Crippen molar-refractivity contribution < 1.29 is 9.53 Å². The van der Waals surface area contributed by atoms with Gasteiger partial charge in [-0.05, 0) is 30.5 Å². The first-order valence-corrected chi connectivity index (χ1v) is 4.96. The summed E-state index contributed by atoms with van der Waals surface area (Å²) in [4.78, 5) is 11.4. The van der Waals surface area contributed by atoms with E-state index in [2.05, 4.69) is 6.58 Å². The molecular weight excluding hydrogens is 188 g/mol. The van der Waals surface area contributed by atoms with Crippen LogP contribution in [-0.2, 0) is 16.0 Å². The SMILES string of the molecule is C=CCOC(=O)Cc1c(C)cccc1C. The predicted octanol–water partition coefficient (Wildman–Crippen LogP) is 2.58. The summed E-state index contributed by atoms with van der Waals surface area (Å²) in [5.41, 5.74) is 3.32. The van der Waals surface area contributed by atoms with Gasteiger partial charge in [-0.3, -0.25) is 4.79 Å². The molecule has 0 spiro atoms. The average molecular weight is 204 g/mol. The van der Waals surface area contributed by atoms with Crippen molar-refractivity contribution in [3.63, 3.8) is 0 Å². The van der Waals surface area contributed by atoms with Gasteiger partial charge >= 0.3 is 5.97 Å². The van der Waals surface area contributed by atoms with E-state index in [1.54, 1.807) is 6.08 Å². The van der Waals surface area contributed by atoms with E-state index in [-0.39, 0.29) is 12.6 Å². The Bertz CT molecular complexity index is 347. The highest BCUT2D eigenvalue weighted by Crippen LogP contribution is 2.14. The Kier molecular flexibility index (Phi) is 4.10. The van der Waals surface area contributed by atoms with E-state index >= 15 is 0 Å². The van der Waals surface area contributed by atoms with E-state index in [9.17, 15) is 4.79 Å². The third-order valence-corrected chi connectivity index (χ3v) is 2.33. The predicted molar refractivity (Wildman–Crippen MR) is 60.8 cm³/mol. The van der Waals surface area contributed by atoms with Crippen LogP contribution in [0.15, 0.2) is 30.9 Å². The fourth-order valence-electron chi connectivity index (χ4n) is 1.48. The second-order valence-corrected chi connectivity index (χ2v) is 3.52. The van der Waals surface area contributed by atoms with Gasteiger partial charge in [0.15, 0.2) is 0 Å². The van der Waals surface area contributed by atoms with Crippen molar-refractivity contribution in [1.29, 1.82) is 0 Å². The summed E-state index contributed by atoms with van der Waals surface area (Å²) in [6, 6.07) is 6.00. The maximum Gasteiger partial charge on any atom is 0.310 e. The van der Waals surface area contributed by atoms with Crippen LogP contribution >= 0.6 is 0 Å². The van der Waals surface area contributed by atoms with Crippen LogP contribution in [0.2, 0.25) is 0 Å². The van der Waals surface area contributed by atoms with Gasteiger partial charge in [0.1, 0.15) is 6.61 Å². The van der Waals surface area contributed by atoms with Crippen molar-refractivity contribution in [2.75, 3.05) is 6.61 Å². The molecule has 0 radical (unpaired) electrons. The monoisotopic (exact) mass is 204 g/mol. The molecule has 1 aromatic rings. The lowest BCUT2D eigenvalue weighted by molar-refractivity contribution is -0.141. The molecule has 80 valence electrons. The second-order valence-electron chi connectivity index (χ2n) is 3.52. The zero-order chi connectivity index (χ0) is 11.3. The minimum absolute atomic E-state index is 0.202. The molecule has 2 nitrogen and oxygen atoms in total. The number of aryl methyl sites for hydroxylation is 2. The maximum atomic E-state index is 11.4. The largest absolute Gasteiger partial charge is 0.461 e. The third kappa shape index (κ3) is 3.24. The van der Waals surface area contributed by atoms with E-state index in [1.807, 2.05) is 32.0 Å². The van der Waals surface area contributed by atoms with Crippen molar-refractivity contribution in [3.8, 4) is 0 Å². The number of esters is 1. The minimum Gasteiger partial charge on any atom is -0.461 e. The lowest BCUT2D eigenvalue weighted by Crippen LogP contribution is -2.09. The van der Waals surface area contributed by atoms with Crippen LogP contribution in [-0.4, -0.2) is 12.6 Å². The van der Waals surface area contributed by atoms with Gasteiger partial charge in [0.2, 0.25) is 0 Å². The molecule has 0 N–H and O–H groups in total. The van der Waals surface area contributed by atoms with E-state index in [1.165, 1.54) is 0 Å². The molecule has 0 saturated carbocycles. The Morgan fingerprint density at radius 3 is 2.53 bits per heavy atom. The average Bonchev–Trinajstić information content (AvgIpc) is 2.21. The van der Waals surface area contributed by atoms with Gasteiger partial charge in [0, 0.05) is 0 Å². The first-order chi connectivity index (χ1) is 7.15. The van der Waals surface area contributed by atoms with Crippen molar-refractivity contribution in [2.24, 2.45) is 0 Å². The number of benzene rings is 1. The molecule has 0 aliphatic heterocycles. The quantitative estimate of drug-likeness (QED) is 0.556. The first kappa shape index (κ1) is 11.5. The van der Waals surface area contributed by atoms with Gasteiger partial charge in [-0.1, -0.05) is 30.9 Å². The Balaban J connectivity index is 2.71. The van der Waals surface area contributed by atoms with Crippen LogP contribution in [0.25, 0.3) is 0 Å². The van der Waals surface area contributed by atoms with Gasteiger partial charge < -0.3 is 4.74 Å². The van der Waals surface area contributed by atoms with Gasteiger partial charge in [0.05, 0.1) is 6.42 Å². The summed E-state index contributed by atoms with van der Waals surface area (Å²) in [6.07, 6.45) is 1.91. The highest BCUT2D eigenvalue weighted by atomic mass is 16.5. The Hall–Kier alpha value is -1.57. The smallest absolute Gasteiger partial charge is 0.310 e. The highest BCUT2D eigenvalue weighted by molar-refractivity contribution is 5.73. The first-order valence-electron chi connectivity index (χ1n) is 4.96. The Morgan fingerprint density at radius 1 is 1.40 bits per heavy atom. The van der Waals surface area contributed by atoms with Crippen LogP contribution in [0.5, 0.6) is 0 Å². The molecule has 0 unspecified atom stereocenters. The van der Waals surface area contributed by atoms with Crippen LogP contribution < -0.4 is 0 Å². The van der Waals surface area contributed by atoms with Gasteiger partial charge in [0.25, 0.3) is 0 Å². The molecule has 0 atom stereocenters. The summed E-state index contributed by atoms with van der Waals surface area (Å²) in [5, 5.41) is 0. The highest BCUT2D eigenvalue weighted by Gasteiger charge is 2.08. The van der Waals surface area contributed by atoms with Crippen LogP contribution in [0.3, 0.4) is 0 Å². The number of hydrogen-bond donors (Lipinski definition) is 0. The molecule has 0 amide bonds. The molecular formula is C13H16O2. The molecule has 0 aliphatic rings. The number of ether oxygens (including phenoxy) is 1. The number of carbonyl (C=O) groups is 1. The van der Waals surface area contributed by atoms with Crippen LogP contribution in [0.4, 0.5) is 0 Å². The van der Waals surface area contributed by atoms with E-state index < -0.39 is 0 Å². The van der Waals surface area contributed by atoms with Crippen LogP contribution in [0.1, 0.15) is 16.7 Å². The number of rotatable bonds is 4. The molecule has 0 bridgehead atoms. The van der Waals surface area contributed by atoms with Gasteiger partial charge in [-0.2, -0.15) is 0 Å². The molecule has 0 heterocycles. The Morgan fingerprint density at radius 2 is 2.00 bits per heavy atom. The molecule has 0 aromatic heterocycles. The Labute approximate surface area is 90.6 Å². The standard InChI is InChI=1S/C13H16O2/c1-4-8-15-13(14)9-12-10(2)6-5-7-11(12)3/h4-7H,1,8-9H2,2-3H3. The number of carbonyl (C=O) groups excluding carboxylic acids is 1. The molecule has 15 heavy (non-hydrogen) atoms. The lowest BCUT2D eigenvalue weighted by atomic mass is 10.0. The van der Waals surface area contributed by atoms with E-state index in [0.717, 1.165) is 16.7 Å². The van der Waals surface area contributed by atoms with E-state index in [0.29, 0.717) is 6.42 Å². The second kappa shape index (κ2) is 5.35. The van der Waals surface area contributed by atoms with Gasteiger partial charge in [-0.25, -0.2) is 0 Å². The minimum atomic E-state index is -0.202. The molecule has 0 fully saturated rings. The molecule has 1 rings (SSSR count). The van der Waals surface area contributed by atoms with Crippen molar-refractivity contribution in [1.82, 2.24) is 0 Å². The van der Waals surface area contributed by atoms with Crippen molar-refractivity contribution >= 4 is 5.97 Å². The maximum absolute atomic E-state index is 11.4. The summed E-state index contributed by atoms with van der Waals surface area (Å²) < 4.78 is 4.95. The number of hydrogen-bond acceptors (Lipinski definition) is 2. The van der Waals surface area contributed by atoms with Crippen molar-refractivity contribution in [2.45, 2.75) is 20.3 Å². The summed E-state index contributed by atoms with van der Waals surface area (Å²) >= 11 is 0. The fourth-order valence-corrected chi connectivity index (χ4v) is 1.48. The zero-order valence-corrected chi connectivity index (χ0v) is 9.25. The van der Waals surface area contributed by atoms with E-state index in [4.69, 9.17) is 4.74 Å². The zero-order valence-electron chi connectivity index (χ0n) is 9.25. The molecule has 2 heteroatoms.